The molecule has 0 bridgehead atoms. The molecule has 1 aromatic carbocycles. The topological polar surface area (TPSA) is 96.1 Å². The second kappa shape index (κ2) is 9.57. The number of aryl methyl sites for hydroxylation is 3. The zero-order chi connectivity index (χ0) is 23.5. The molecule has 3 aromatic rings. The number of nitrogens with zero attached hydrogens (tertiary/aromatic N) is 5. The van der Waals surface area contributed by atoms with Crippen LogP contribution in [0.2, 0.25) is 0 Å². The lowest BCUT2D eigenvalue weighted by Gasteiger charge is -2.25. The summed E-state index contributed by atoms with van der Waals surface area (Å²) >= 11 is 1.29. The number of nitrogens with one attached hydrogen (secondary N) is 1. The third kappa shape index (κ3) is 4.97. The van der Waals surface area contributed by atoms with Gasteiger partial charge in [-0.1, -0.05) is 17.4 Å². The number of ether oxygens (including phenoxy) is 1. The van der Waals surface area contributed by atoms with Crippen LogP contribution in [0.15, 0.2) is 29.8 Å². The highest BCUT2D eigenvalue weighted by molar-refractivity contribution is 7.19. The summed E-state index contributed by atoms with van der Waals surface area (Å²) < 4.78 is 7.49. The van der Waals surface area contributed by atoms with Gasteiger partial charge in [0.2, 0.25) is 10.3 Å². The summed E-state index contributed by atoms with van der Waals surface area (Å²) in [5.41, 5.74) is 6.25. The van der Waals surface area contributed by atoms with Gasteiger partial charge in [-0.15, -0.1) is 10.2 Å². The van der Waals surface area contributed by atoms with E-state index in [1.807, 2.05) is 26.0 Å². The van der Waals surface area contributed by atoms with Crippen molar-refractivity contribution < 1.29 is 9.53 Å². The second-order valence-corrected chi connectivity index (χ2v) is 9.08. The highest BCUT2D eigenvalue weighted by Crippen LogP contribution is 2.27. The minimum atomic E-state index is -0.501. The summed E-state index contributed by atoms with van der Waals surface area (Å²) in [5.74, 6) is -0.501. The molecule has 1 aliphatic rings. The summed E-state index contributed by atoms with van der Waals surface area (Å²) in [6, 6.07) is 10.4. The van der Waals surface area contributed by atoms with E-state index in [1.54, 1.807) is 6.08 Å². The smallest absolute Gasteiger partial charge is 0.268 e. The Morgan fingerprint density at radius 1 is 1.12 bits per heavy atom. The molecule has 170 valence electrons. The van der Waals surface area contributed by atoms with Gasteiger partial charge in [0.15, 0.2) is 0 Å². The van der Waals surface area contributed by atoms with E-state index >= 15 is 0 Å². The van der Waals surface area contributed by atoms with Crippen LogP contribution in [0.4, 0.5) is 10.3 Å². The zero-order valence-electron chi connectivity index (χ0n) is 19.2. The van der Waals surface area contributed by atoms with Crippen LogP contribution in [-0.2, 0) is 9.53 Å². The van der Waals surface area contributed by atoms with Crippen molar-refractivity contribution in [1.82, 2.24) is 14.8 Å². The van der Waals surface area contributed by atoms with Gasteiger partial charge in [0, 0.05) is 30.2 Å². The molecule has 4 rings (SSSR count). The van der Waals surface area contributed by atoms with E-state index in [9.17, 15) is 10.1 Å². The van der Waals surface area contributed by atoms with Crippen LogP contribution in [0.5, 0.6) is 0 Å². The normalized spacial score (nSPS) is 14.3. The Morgan fingerprint density at radius 3 is 2.48 bits per heavy atom. The van der Waals surface area contributed by atoms with Crippen LogP contribution in [0, 0.1) is 39.0 Å². The van der Waals surface area contributed by atoms with E-state index in [0.29, 0.717) is 18.3 Å². The first kappa shape index (κ1) is 22.7. The molecule has 1 saturated heterocycles. The molecule has 3 heterocycles. The van der Waals surface area contributed by atoms with E-state index < -0.39 is 5.91 Å². The largest absolute Gasteiger partial charge is 0.378 e. The van der Waals surface area contributed by atoms with E-state index in [1.165, 1.54) is 22.5 Å². The van der Waals surface area contributed by atoms with Gasteiger partial charge in [-0.25, -0.2) is 0 Å². The van der Waals surface area contributed by atoms with E-state index in [4.69, 9.17) is 4.74 Å². The van der Waals surface area contributed by atoms with E-state index in [-0.39, 0.29) is 5.57 Å². The molecule has 0 saturated carbocycles. The molecule has 0 atom stereocenters. The quantitative estimate of drug-likeness (QED) is 0.456. The SMILES string of the molecule is Cc1cc(C)cc(-n2c(C)cc(/C=C(/C#N)C(=O)Nc3nnc(N4CCOCC4)s3)c2C)c1. The minimum absolute atomic E-state index is 0.0128. The summed E-state index contributed by atoms with van der Waals surface area (Å²) in [5, 5.41) is 21.7. The van der Waals surface area contributed by atoms with E-state index in [2.05, 4.69) is 57.0 Å². The Morgan fingerprint density at radius 2 is 1.82 bits per heavy atom. The maximum atomic E-state index is 12.8. The molecule has 1 N–H and O–H groups in total. The fourth-order valence-electron chi connectivity index (χ4n) is 4.03. The molecule has 0 unspecified atom stereocenters. The minimum Gasteiger partial charge on any atom is -0.378 e. The molecule has 1 aliphatic heterocycles. The predicted molar refractivity (Wildman–Crippen MR) is 130 cm³/mol. The summed E-state index contributed by atoms with van der Waals surface area (Å²) in [4.78, 5) is 14.9. The Hall–Kier alpha value is -3.48. The third-order valence-electron chi connectivity index (χ3n) is 5.52. The van der Waals surface area contributed by atoms with Gasteiger partial charge in [0.05, 0.1) is 13.2 Å². The van der Waals surface area contributed by atoms with Gasteiger partial charge in [-0.2, -0.15) is 5.26 Å². The summed E-state index contributed by atoms with van der Waals surface area (Å²) in [6.45, 7) is 10.9. The number of carbonyl (C=O) groups is 1. The van der Waals surface area contributed by atoms with Gasteiger partial charge < -0.3 is 14.2 Å². The maximum absolute atomic E-state index is 12.8. The first-order valence-corrected chi connectivity index (χ1v) is 11.5. The Kier molecular flexibility index (Phi) is 6.58. The third-order valence-corrected chi connectivity index (χ3v) is 6.42. The van der Waals surface area contributed by atoms with Crippen molar-refractivity contribution in [3.8, 4) is 11.8 Å². The number of anilines is 2. The Balaban J connectivity index is 1.56. The Labute approximate surface area is 197 Å². The van der Waals surface area contributed by atoms with Crippen molar-refractivity contribution in [2.24, 2.45) is 0 Å². The molecule has 0 aliphatic carbocycles. The molecule has 9 heteroatoms. The van der Waals surface area contributed by atoms with Crippen molar-refractivity contribution in [3.05, 3.63) is 57.9 Å². The fraction of sp³-hybridized carbons (Fsp3) is 0.333. The lowest BCUT2D eigenvalue weighted by Crippen LogP contribution is -2.36. The predicted octanol–water partition coefficient (Wildman–Crippen LogP) is 3.94. The molecular formula is C24H26N6O2S. The molecule has 33 heavy (non-hydrogen) atoms. The first-order valence-electron chi connectivity index (χ1n) is 10.7. The highest BCUT2D eigenvalue weighted by atomic mass is 32.1. The Bertz CT molecular complexity index is 1240. The number of hydrogen-bond acceptors (Lipinski definition) is 7. The van der Waals surface area contributed by atoms with Crippen molar-refractivity contribution in [2.45, 2.75) is 27.7 Å². The van der Waals surface area contributed by atoms with Crippen molar-refractivity contribution in [1.29, 1.82) is 5.26 Å². The van der Waals surface area contributed by atoms with Crippen LogP contribution < -0.4 is 10.2 Å². The second-order valence-electron chi connectivity index (χ2n) is 8.12. The standard InChI is InChI=1S/C24H26N6O2S/c1-15-9-16(2)11-21(10-15)30-17(3)12-19(18(30)4)13-20(14-25)22(31)26-23-27-28-24(33-23)29-5-7-32-8-6-29/h9-13H,5-8H2,1-4H3,(H,26,27,31)/b20-13-. The molecule has 0 radical (unpaired) electrons. The number of benzene rings is 1. The van der Waals surface area contributed by atoms with Gasteiger partial charge in [-0.05, 0) is 68.7 Å². The molecular weight excluding hydrogens is 436 g/mol. The van der Waals surface area contributed by atoms with E-state index in [0.717, 1.165) is 40.9 Å². The van der Waals surface area contributed by atoms with Crippen molar-refractivity contribution in [2.75, 3.05) is 36.5 Å². The zero-order valence-corrected chi connectivity index (χ0v) is 20.0. The molecule has 8 nitrogen and oxygen atoms in total. The number of aromatic nitrogens is 3. The van der Waals surface area contributed by atoms with Crippen LogP contribution in [-0.4, -0.2) is 47.0 Å². The lowest BCUT2D eigenvalue weighted by atomic mass is 10.1. The monoisotopic (exact) mass is 462 g/mol. The number of amides is 1. The lowest BCUT2D eigenvalue weighted by molar-refractivity contribution is -0.112. The first-order chi connectivity index (χ1) is 15.9. The van der Waals surface area contributed by atoms with Gasteiger partial charge in [0.25, 0.3) is 5.91 Å². The van der Waals surface area contributed by atoms with Crippen LogP contribution in [0.25, 0.3) is 11.8 Å². The van der Waals surface area contributed by atoms with Gasteiger partial charge in [-0.3, -0.25) is 10.1 Å². The average molecular weight is 463 g/mol. The highest BCUT2D eigenvalue weighted by Gasteiger charge is 2.19. The molecule has 1 amide bonds. The van der Waals surface area contributed by atoms with Gasteiger partial charge >= 0.3 is 0 Å². The molecule has 0 spiro atoms. The number of morpholine rings is 1. The van der Waals surface area contributed by atoms with Gasteiger partial charge in [0.1, 0.15) is 11.6 Å². The molecule has 1 fully saturated rings. The maximum Gasteiger partial charge on any atom is 0.268 e. The van der Waals surface area contributed by atoms with Crippen LogP contribution >= 0.6 is 11.3 Å². The number of rotatable bonds is 5. The number of carbonyl (C=O) groups excluding carboxylic acids is 1. The molecule has 2 aromatic heterocycles. The number of nitriles is 1. The summed E-state index contributed by atoms with van der Waals surface area (Å²) in [7, 11) is 0. The summed E-state index contributed by atoms with van der Waals surface area (Å²) in [6.07, 6.45) is 1.63. The van der Waals surface area contributed by atoms with Crippen LogP contribution in [0.1, 0.15) is 28.1 Å². The van der Waals surface area contributed by atoms with Crippen molar-refractivity contribution in [3.63, 3.8) is 0 Å². The fourth-order valence-corrected chi connectivity index (χ4v) is 4.82. The number of hydrogen-bond donors (Lipinski definition) is 1. The van der Waals surface area contributed by atoms with Crippen molar-refractivity contribution >= 4 is 33.6 Å². The average Bonchev–Trinajstić information content (AvgIpc) is 3.35. The van der Waals surface area contributed by atoms with Crippen LogP contribution in [0.3, 0.4) is 0 Å².